The van der Waals surface area contributed by atoms with Crippen LogP contribution in [0.4, 0.5) is 10.1 Å². The molecule has 0 N–H and O–H groups in total. The molecule has 2 heterocycles. The van der Waals surface area contributed by atoms with Crippen molar-refractivity contribution in [3.05, 3.63) is 29.6 Å². The van der Waals surface area contributed by atoms with Crippen molar-refractivity contribution in [1.82, 2.24) is 4.90 Å². The van der Waals surface area contributed by atoms with Crippen LogP contribution in [0, 0.1) is 5.82 Å². The number of rotatable bonds is 3. The van der Waals surface area contributed by atoms with E-state index in [1.807, 2.05) is 0 Å². The van der Waals surface area contributed by atoms with Crippen LogP contribution in [0.5, 0.6) is 0 Å². The molecule has 22 heavy (non-hydrogen) atoms. The molecule has 0 spiro atoms. The van der Waals surface area contributed by atoms with Gasteiger partial charge in [0.25, 0.3) is 0 Å². The number of carbonyl (C=O) groups excluding carboxylic acids is 1. The van der Waals surface area contributed by atoms with Gasteiger partial charge in [-0.25, -0.2) is 4.39 Å². The molecule has 2 aliphatic rings. The van der Waals surface area contributed by atoms with Crippen LogP contribution < -0.4 is 39.6 Å². The first-order valence-electron chi connectivity index (χ1n) is 7.64. The maximum atomic E-state index is 13.5. The molecule has 2 aliphatic heterocycles. The number of halogens is 1. The van der Waals surface area contributed by atoms with E-state index in [1.54, 1.807) is 0 Å². The van der Waals surface area contributed by atoms with E-state index in [1.165, 1.54) is 38.1 Å². The number of carboxylic acids is 1. The predicted octanol–water partition coefficient (Wildman–Crippen LogP) is -1.74. The van der Waals surface area contributed by atoms with Gasteiger partial charge in [-0.3, -0.25) is 0 Å². The van der Waals surface area contributed by atoms with Crippen LogP contribution >= 0.6 is 0 Å². The van der Waals surface area contributed by atoms with Crippen molar-refractivity contribution in [2.45, 2.75) is 31.7 Å². The summed E-state index contributed by atoms with van der Waals surface area (Å²) in [5, 5.41) is 10.9. The van der Waals surface area contributed by atoms with Crippen molar-refractivity contribution in [1.29, 1.82) is 0 Å². The van der Waals surface area contributed by atoms with Gasteiger partial charge in [-0.05, 0) is 57.0 Å². The van der Waals surface area contributed by atoms with E-state index in [0.29, 0.717) is 11.7 Å². The first-order valence-corrected chi connectivity index (χ1v) is 7.64. The second kappa shape index (κ2) is 7.77. The van der Waals surface area contributed by atoms with E-state index in [2.05, 4.69) is 9.80 Å². The molecule has 114 valence electrons. The monoisotopic (exact) mass is 314 g/mol. The van der Waals surface area contributed by atoms with Gasteiger partial charge in [0.2, 0.25) is 0 Å². The average molecular weight is 314 g/mol. The van der Waals surface area contributed by atoms with E-state index in [0.717, 1.165) is 32.0 Å². The summed E-state index contributed by atoms with van der Waals surface area (Å²) in [6.45, 7) is 4.08. The maximum Gasteiger partial charge on any atom is 1.00 e. The second-order valence-electron chi connectivity index (χ2n) is 5.95. The van der Waals surface area contributed by atoms with E-state index in [9.17, 15) is 14.3 Å². The normalized spacial score (nSPS) is 20.0. The minimum absolute atomic E-state index is 0. The third-order valence-electron chi connectivity index (χ3n) is 4.60. The molecule has 0 bridgehead atoms. The first kappa shape index (κ1) is 17.7. The fraction of sp³-hybridized carbons (Fsp3) is 0.562. The second-order valence-corrected chi connectivity index (χ2v) is 5.95. The van der Waals surface area contributed by atoms with Crippen LogP contribution in [-0.4, -0.2) is 43.1 Å². The number of carboxylic acid groups (broad SMARTS) is 1. The summed E-state index contributed by atoms with van der Waals surface area (Å²) in [5.74, 6) is -1.85. The Kier molecular flexibility index (Phi) is 6.26. The van der Waals surface area contributed by atoms with Gasteiger partial charge in [0.1, 0.15) is 5.82 Å². The Labute approximate surface area is 152 Å². The minimum Gasteiger partial charge on any atom is -0.545 e. The molecule has 0 atom stereocenters. The van der Waals surface area contributed by atoms with Crippen LogP contribution in [0.1, 0.15) is 36.0 Å². The van der Waals surface area contributed by atoms with Gasteiger partial charge in [0.15, 0.2) is 0 Å². The Balaban J connectivity index is 0.00000176. The van der Waals surface area contributed by atoms with Gasteiger partial charge in [0.05, 0.1) is 5.97 Å². The first-order chi connectivity index (χ1) is 10.1. The third-order valence-corrected chi connectivity index (χ3v) is 4.60. The van der Waals surface area contributed by atoms with E-state index >= 15 is 0 Å². The Morgan fingerprint density at radius 3 is 2.32 bits per heavy atom. The zero-order chi connectivity index (χ0) is 14.8. The van der Waals surface area contributed by atoms with Gasteiger partial charge in [-0.2, -0.15) is 0 Å². The summed E-state index contributed by atoms with van der Waals surface area (Å²) in [4.78, 5) is 15.5. The van der Waals surface area contributed by atoms with Crippen molar-refractivity contribution in [2.24, 2.45) is 0 Å². The summed E-state index contributed by atoms with van der Waals surface area (Å²) >= 11 is 0. The third kappa shape index (κ3) is 4.02. The number of nitrogens with zero attached hydrogens (tertiary/aromatic N) is 2. The van der Waals surface area contributed by atoms with Crippen molar-refractivity contribution in [3.8, 4) is 0 Å². The number of aromatic carboxylic acids is 1. The van der Waals surface area contributed by atoms with Crippen LogP contribution in [0.25, 0.3) is 0 Å². The summed E-state index contributed by atoms with van der Waals surface area (Å²) in [5.41, 5.74) is 0.556. The van der Waals surface area contributed by atoms with Gasteiger partial charge >= 0.3 is 29.6 Å². The zero-order valence-corrected chi connectivity index (χ0v) is 15.1. The molecule has 0 saturated carbocycles. The number of hydrogen-bond acceptors (Lipinski definition) is 4. The number of carbonyl (C=O) groups is 1. The Morgan fingerprint density at radius 2 is 1.73 bits per heavy atom. The SMILES string of the molecule is O=C([O-])c1cc(F)cc(N2CCC(N3CCCC3)CC2)c1.[Na+]. The van der Waals surface area contributed by atoms with Crippen molar-refractivity contribution >= 4 is 11.7 Å². The van der Waals surface area contributed by atoms with Crippen molar-refractivity contribution in [3.63, 3.8) is 0 Å². The summed E-state index contributed by atoms with van der Waals surface area (Å²) < 4.78 is 13.5. The molecule has 0 aliphatic carbocycles. The molecule has 2 fully saturated rings. The zero-order valence-electron chi connectivity index (χ0n) is 13.1. The molecule has 3 rings (SSSR count). The molecule has 0 aromatic heterocycles. The largest absolute Gasteiger partial charge is 1.00 e. The number of hydrogen-bond donors (Lipinski definition) is 0. The molecule has 2 saturated heterocycles. The predicted molar refractivity (Wildman–Crippen MR) is 76.8 cm³/mol. The van der Waals surface area contributed by atoms with Gasteiger partial charge < -0.3 is 19.7 Å². The van der Waals surface area contributed by atoms with Crippen LogP contribution in [0.2, 0.25) is 0 Å². The van der Waals surface area contributed by atoms with Crippen LogP contribution in [0.15, 0.2) is 18.2 Å². The summed E-state index contributed by atoms with van der Waals surface area (Å²) in [6, 6.07) is 4.55. The summed E-state index contributed by atoms with van der Waals surface area (Å²) in [6.07, 6.45) is 4.69. The standard InChI is InChI=1S/C16H21FN2O2.Na/c17-13-9-12(16(20)21)10-15(11-13)19-7-3-14(4-8-19)18-5-1-2-6-18;/h9-11,14H,1-8H2,(H,20,21);/q;+1/p-1. The van der Waals surface area contributed by atoms with E-state index in [-0.39, 0.29) is 35.1 Å². The van der Waals surface area contributed by atoms with Gasteiger partial charge in [-0.15, -0.1) is 0 Å². The Morgan fingerprint density at radius 1 is 1.09 bits per heavy atom. The topological polar surface area (TPSA) is 46.6 Å². The van der Waals surface area contributed by atoms with Gasteiger partial charge in [-0.1, -0.05) is 0 Å². The molecule has 6 heteroatoms. The Hall–Kier alpha value is -0.620. The maximum absolute atomic E-state index is 13.5. The average Bonchev–Trinajstić information content (AvgIpc) is 3.01. The van der Waals surface area contributed by atoms with Crippen LogP contribution in [0.3, 0.4) is 0 Å². The number of benzene rings is 1. The molecule has 4 nitrogen and oxygen atoms in total. The van der Waals surface area contributed by atoms with E-state index < -0.39 is 11.8 Å². The molecule has 1 aromatic rings. The quantitative estimate of drug-likeness (QED) is 0.622. The number of anilines is 1. The minimum atomic E-state index is -1.33. The fourth-order valence-corrected chi connectivity index (χ4v) is 3.47. The van der Waals surface area contributed by atoms with Crippen molar-refractivity contribution < 1.29 is 43.8 Å². The number of piperidine rings is 1. The van der Waals surface area contributed by atoms with E-state index in [4.69, 9.17) is 0 Å². The molecule has 0 radical (unpaired) electrons. The van der Waals surface area contributed by atoms with Crippen molar-refractivity contribution in [2.75, 3.05) is 31.1 Å². The molecular weight excluding hydrogens is 294 g/mol. The van der Waals surface area contributed by atoms with Crippen LogP contribution in [-0.2, 0) is 0 Å². The Bertz CT molecular complexity index is 527. The fourth-order valence-electron chi connectivity index (χ4n) is 3.47. The van der Waals surface area contributed by atoms with Gasteiger partial charge in [0, 0.05) is 30.4 Å². The smallest absolute Gasteiger partial charge is 0.545 e. The molecule has 0 amide bonds. The molecule has 1 aromatic carbocycles. The molecular formula is C16H20FN2NaO2. The summed E-state index contributed by atoms with van der Waals surface area (Å²) in [7, 11) is 0. The molecule has 0 unspecified atom stereocenters. The number of likely N-dealkylation sites (tertiary alicyclic amines) is 1.